The molecule has 1 aromatic carbocycles. The minimum Gasteiger partial charge on any atom is -0.353 e. The molecule has 6 rings (SSSR count). The number of H-pyrrole nitrogens is 2. The van der Waals surface area contributed by atoms with Gasteiger partial charge in [0.2, 0.25) is 0 Å². The van der Waals surface area contributed by atoms with Crippen molar-refractivity contribution >= 4 is 27.5 Å². The lowest BCUT2D eigenvalue weighted by Crippen LogP contribution is -2.20. The van der Waals surface area contributed by atoms with Crippen LogP contribution in [0.25, 0.3) is 50.2 Å². The number of nitrogens with one attached hydrogen (secondary N) is 3. The summed E-state index contributed by atoms with van der Waals surface area (Å²) in [6.07, 6.45) is 4.83. The predicted octanol–water partition coefficient (Wildman–Crippen LogP) is 4.68. The van der Waals surface area contributed by atoms with Crippen molar-refractivity contribution in [2.45, 2.75) is 6.42 Å². The normalized spacial score (nSPS) is 14.3. The number of aromatic nitrogens is 5. The van der Waals surface area contributed by atoms with Crippen LogP contribution in [0.15, 0.2) is 60.8 Å². The van der Waals surface area contributed by atoms with E-state index >= 15 is 0 Å². The fourth-order valence-electron chi connectivity index (χ4n) is 4.17. The smallest absolute Gasteiger partial charge is 0.135 e. The van der Waals surface area contributed by atoms with Gasteiger partial charge in [-0.25, -0.2) is 9.37 Å². The number of nitrogens with zero attached hydrogens (tertiary/aromatic N) is 3. The van der Waals surface area contributed by atoms with Gasteiger partial charge in [0.15, 0.2) is 0 Å². The van der Waals surface area contributed by atoms with Crippen LogP contribution < -0.4 is 5.32 Å². The summed E-state index contributed by atoms with van der Waals surface area (Å²) in [4.78, 5) is 12.8. The Morgan fingerprint density at radius 3 is 2.77 bits per heavy atom. The Kier molecular flexibility index (Phi) is 4.14. The third kappa shape index (κ3) is 3.02. The Balaban J connectivity index is 1.50. The van der Waals surface area contributed by atoms with Gasteiger partial charge in [-0.2, -0.15) is 5.10 Å². The fraction of sp³-hybridized carbons (Fsp3) is 0.125. The van der Waals surface area contributed by atoms with E-state index in [1.54, 1.807) is 18.3 Å². The molecule has 5 aromatic rings. The summed E-state index contributed by atoms with van der Waals surface area (Å²) in [7, 11) is 0. The molecular weight excluding hydrogens is 391 g/mol. The monoisotopic (exact) mass is 410 g/mol. The zero-order valence-corrected chi connectivity index (χ0v) is 16.6. The number of aromatic amines is 2. The molecule has 0 unspecified atom stereocenters. The van der Waals surface area contributed by atoms with Crippen LogP contribution in [0, 0.1) is 5.82 Å². The third-order valence-electron chi connectivity index (χ3n) is 5.73. The van der Waals surface area contributed by atoms with Crippen molar-refractivity contribution in [2.75, 3.05) is 13.1 Å². The lowest BCUT2D eigenvalue weighted by atomic mass is 10.0. The summed E-state index contributed by atoms with van der Waals surface area (Å²) in [5.41, 5.74) is 7.41. The summed E-state index contributed by atoms with van der Waals surface area (Å²) in [6, 6.07) is 14.6. The summed E-state index contributed by atoms with van der Waals surface area (Å²) in [5.74, 6) is -0.294. The molecule has 5 heterocycles. The van der Waals surface area contributed by atoms with Gasteiger partial charge in [-0.1, -0.05) is 18.2 Å². The van der Waals surface area contributed by atoms with Crippen molar-refractivity contribution in [1.82, 2.24) is 30.5 Å². The molecule has 0 atom stereocenters. The van der Waals surface area contributed by atoms with E-state index in [0.717, 1.165) is 58.5 Å². The molecule has 0 bridgehead atoms. The minimum atomic E-state index is -0.294. The van der Waals surface area contributed by atoms with E-state index in [2.05, 4.69) is 31.6 Å². The maximum Gasteiger partial charge on any atom is 0.135 e. The highest BCUT2D eigenvalue weighted by molar-refractivity contribution is 5.99. The van der Waals surface area contributed by atoms with E-state index < -0.39 is 0 Å². The number of halogens is 1. The van der Waals surface area contributed by atoms with Crippen LogP contribution in [0.2, 0.25) is 0 Å². The molecule has 152 valence electrons. The second-order valence-corrected chi connectivity index (χ2v) is 7.63. The lowest BCUT2D eigenvalue weighted by molar-refractivity contribution is 0.631. The molecule has 31 heavy (non-hydrogen) atoms. The quantitative estimate of drug-likeness (QED) is 0.403. The zero-order valence-electron chi connectivity index (χ0n) is 16.6. The van der Waals surface area contributed by atoms with Crippen molar-refractivity contribution < 1.29 is 4.39 Å². The molecule has 1 aliphatic heterocycles. The van der Waals surface area contributed by atoms with Crippen LogP contribution in [-0.2, 0) is 0 Å². The van der Waals surface area contributed by atoms with Gasteiger partial charge in [-0.3, -0.25) is 10.1 Å². The Bertz CT molecular complexity index is 1460. The maximum absolute atomic E-state index is 14.4. The molecule has 3 N–H and O–H groups in total. The highest BCUT2D eigenvalue weighted by atomic mass is 19.1. The van der Waals surface area contributed by atoms with Crippen molar-refractivity contribution in [3.05, 3.63) is 72.3 Å². The SMILES string of the molecule is Fc1ccccc1-c1nccc2[nH]c(-c3n[nH]c4ccc(C5=CCNCC5)nc34)cc12. The van der Waals surface area contributed by atoms with Gasteiger partial charge in [-0.15, -0.1) is 0 Å². The molecule has 0 amide bonds. The first-order valence-corrected chi connectivity index (χ1v) is 10.3. The molecule has 0 aliphatic carbocycles. The Labute approximate surface area is 177 Å². The van der Waals surface area contributed by atoms with E-state index in [4.69, 9.17) is 4.98 Å². The van der Waals surface area contributed by atoms with Gasteiger partial charge in [-0.05, 0) is 54.9 Å². The number of benzene rings is 1. The predicted molar refractivity (Wildman–Crippen MR) is 120 cm³/mol. The minimum absolute atomic E-state index is 0.294. The topological polar surface area (TPSA) is 82.3 Å². The second-order valence-electron chi connectivity index (χ2n) is 7.63. The number of hydrogen-bond acceptors (Lipinski definition) is 4. The Hall–Kier alpha value is -3.84. The molecule has 1 aliphatic rings. The Morgan fingerprint density at radius 2 is 1.90 bits per heavy atom. The highest BCUT2D eigenvalue weighted by Gasteiger charge is 2.17. The van der Waals surface area contributed by atoms with E-state index in [0.29, 0.717) is 11.3 Å². The van der Waals surface area contributed by atoms with Crippen LogP contribution in [0.4, 0.5) is 4.39 Å². The first kappa shape index (κ1) is 18.0. The maximum atomic E-state index is 14.4. The van der Waals surface area contributed by atoms with Crippen LogP contribution in [0.3, 0.4) is 0 Å². The molecule has 0 spiro atoms. The van der Waals surface area contributed by atoms with Gasteiger partial charge in [0.1, 0.15) is 17.0 Å². The highest BCUT2D eigenvalue weighted by Crippen LogP contribution is 2.33. The second kappa shape index (κ2) is 7.14. The van der Waals surface area contributed by atoms with Gasteiger partial charge < -0.3 is 10.3 Å². The number of hydrogen-bond donors (Lipinski definition) is 3. The van der Waals surface area contributed by atoms with Gasteiger partial charge >= 0.3 is 0 Å². The third-order valence-corrected chi connectivity index (χ3v) is 5.73. The standard InChI is InChI=1S/C24H19FN6/c25-17-4-2-1-3-15(17)22-16-13-21(28-19(16)9-12-27-22)24-23-20(30-31-24)6-5-18(29-23)14-7-10-26-11-8-14/h1-7,9,12-13,26,28H,8,10-11H2,(H,30,31). The van der Waals surface area contributed by atoms with Gasteiger partial charge in [0, 0.05) is 29.2 Å². The van der Waals surface area contributed by atoms with Gasteiger partial charge in [0.05, 0.1) is 22.6 Å². The summed E-state index contributed by atoms with van der Waals surface area (Å²) >= 11 is 0. The van der Waals surface area contributed by atoms with Crippen LogP contribution >= 0.6 is 0 Å². The van der Waals surface area contributed by atoms with Crippen LogP contribution in [0.1, 0.15) is 12.1 Å². The number of pyridine rings is 2. The summed E-state index contributed by atoms with van der Waals surface area (Å²) < 4.78 is 14.4. The molecule has 0 saturated carbocycles. The van der Waals surface area contributed by atoms with Crippen molar-refractivity contribution in [3.8, 4) is 22.6 Å². The van der Waals surface area contributed by atoms with E-state index in [9.17, 15) is 4.39 Å². The van der Waals surface area contributed by atoms with E-state index in [-0.39, 0.29) is 5.82 Å². The molecule has 7 heteroatoms. The van der Waals surface area contributed by atoms with Crippen molar-refractivity contribution in [3.63, 3.8) is 0 Å². The lowest BCUT2D eigenvalue weighted by Gasteiger charge is -2.13. The molecule has 6 nitrogen and oxygen atoms in total. The molecule has 0 fully saturated rings. The molecule has 0 radical (unpaired) electrons. The summed E-state index contributed by atoms with van der Waals surface area (Å²) in [5, 5.41) is 11.8. The average Bonchev–Trinajstić information content (AvgIpc) is 3.43. The average molecular weight is 410 g/mol. The first-order valence-electron chi connectivity index (χ1n) is 10.3. The summed E-state index contributed by atoms with van der Waals surface area (Å²) in [6.45, 7) is 1.82. The Morgan fingerprint density at radius 1 is 0.968 bits per heavy atom. The first-order chi connectivity index (χ1) is 15.3. The molecule has 0 saturated heterocycles. The largest absolute Gasteiger partial charge is 0.353 e. The molecule has 4 aromatic heterocycles. The van der Waals surface area contributed by atoms with E-state index in [1.165, 1.54) is 11.6 Å². The number of rotatable bonds is 3. The van der Waals surface area contributed by atoms with Gasteiger partial charge in [0.25, 0.3) is 0 Å². The van der Waals surface area contributed by atoms with Crippen LogP contribution in [-0.4, -0.2) is 38.2 Å². The van der Waals surface area contributed by atoms with Crippen molar-refractivity contribution in [1.29, 1.82) is 0 Å². The fourth-order valence-corrected chi connectivity index (χ4v) is 4.17. The number of fused-ring (bicyclic) bond motifs is 2. The van der Waals surface area contributed by atoms with Crippen molar-refractivity contribution in [2.24, 2.45) is 0 Å². The molecular formula is C24H19FN6. The van der Waals surface area contributed by atoms with Crippen LogP contribution in [0.5, 0.6) is 0 Å². The van der Waals surface area contributed by atoms with E-state index in [1.807, 2.05) is 30.3 Å². The zero-order chi connectivity index (χ0) is 20.8.